The van der Waals surface area contributed by atoms with Gasteiger partial charge in [-0.05, 0) is 49.1 Å². The van der Waals surface area contributed by atoms with Gasteiger partial charge in [0, 0.05) is 18.1 Å². The second kappa shape index (κ2) is 5.92. The number of nitrogens with zero attached hydrogens (tertiary/aromatic N) is 1. The normalized spacial score (nSPS) is 18.4. The van der Waals surface area contributed by atoms with Crippen LogP contribution in [0.4, 0.5) is 5.69 Å². The third-order valence-corrected chi connectivity index (χ3v) is 4.82. The van der Waals surface area contributed by atoms with Gasteiger partial charge < -0.3 is 0 Å². The molecule has 4 rings (SSSR count). The van der Waals surface area contributed by atoms with Crippen LogP contribution in [-0.4, -0.2) is 5.71 Å². The summed E-state index contributed by atoms with van der Waals surface area (Å²) in [5, 5.41) is 0. The second-order valence-corrected chi connectivity index (χ2v) is 6.27. The van der Waals surface area contributed by atoms with Gasteiger partial charge in [-0.1, -0.05) is 55.0 Å². The Bertz CT molecular complexity index is 765. The zero-order chi connectivity index (χ0) is 15.7. The van der Waals surface area contributed by atoms with Gasteiger partial charge in [0.05, 0.1) is 5.69 Å². The number of hydrogen-bond acceptors (Lipinski definition) is 1. The minimum Gasteiger partial charge on any atom is -0.257 e. The first-order valence-electron chi connectivity index (χ1n) is 7.96. The van der Waals surface area contributed by atoms with Crippen LogP contribution in [0.5, 0.6) is 0 Å². The van der Waals surface area contributed by atoms with E-state index in [-0.39, 0.29) is 0 Å². The zero-order valence-electron chi connectivity index (χ0n) is 13.9. The quantitative estimate of drug-likeness (QED) is 0.569. The van der Waals surface area contributed by atoms with Gasteiger partial charge in [-0.25, -0.2) is 0 Å². The summed E-state index contributed by atoms with van der Waals surface area (Å²) in [4.78, 5) is 4.37. The van der Waals surface area contributed by atoms with Crippen molar-refractivity contribution >= 4 is 17.0 Å². The molecule has 0 spiro atoms. The van der Waals surface area contributed by atoms with Crippen molar-refractivity contribution in [3.63, 3.8) is 0 Å². The number of aliphatic imine (C=N–C) groups is 1. The standard InChI is InChI=1S/C12H14.C9H9N/c1-8-9(2)11-6-4-5-7-12(11)10(8)3;1-7-6-8-4-2-3-5-9(8)10-7/h4-7,9H,1-3H3;2-5H,6H2,1H3. The van der Waals surface area contributed by atoms with Crippen molar-refractivity contribution in [2.75, 3.05) is 0 Å². The first-order valence-corrected chi connectivity index (χ1v) is 7.96. The molecule has 0 bridgehead atoms. The Morgan fingerprint density at radius 3 is 2.32 bits per heavy atom. The summed E-state index contributed by atoms with van der Waals surface area (Å²) < 4.78 is 0. The number of rotatable bonds is 0. The number of benzene rings is 2. The Morgan fingerprint density at radius 2 is 1.59 bits per heavy atom. The Morgan fingerprint density at radius 1 is 0.909 bits per heavy atom. The summed E-state index contributed by atoms with van der Waals surface area (Å²) in [6, 6.07) is 17.0. The number of hydrogen-bond donors (Lipinski definition) is 0. The molecule has 112 valence electrons. The summed E-state index contributed by atoms with van der Waals surface area (Å²) in [6.07, 6.45) is 1.04. The van der Waals surface area contributed by atoms with Crippen molar-refractivity contribution in [1.29, 1.82) is 0 Å². The monoisotopic (exact) mass is 289 g/mol. The van der Waals surface area contributed by atoms with Gasteiger partial charge in [-0.15, -0.1) is 0 Å². The molecule has 1 atom stereocenters. The fraction of sp³-hybridized carbons (Fsp3) is 0.286. The molecule has 0 saturated heterocycles. The molecule has 1 aliphatic heterocycles. The molecule has 1 heteroatoms. The maximum Gasteiger partial charge on any atom is 0.0664 e. The highest BCUT2D eigenvalue weighted by Gasteiger charge is 2.21. The lowest BCUT2D eigenvalue weighted by atomic mass is 9.99. The topological polar surface area (TPSA) is 12.4 Å². The summed E-state index contributed by atoms with van der Waals surface area (Å²) >= 11 is 0. The van der Waals surface area contributed by atoms with Crippen LogP contribution in [0.25, 0.3) is 5.57 Å². The molecular weight excluding hydrogens is 266 g/mol. The van der Waals surface area contributed by atoms with Gasteiger partial charge in [-0.3, -0.25) is 4.99 Å². The molecule has 2 aliphatic rings. The first-order chi connectivity index (χ1) is 10.6. The van der Waals surface area contributed by atoms with Crippen LogP contribution < -0.4 is 0 Å². The van der Waals surface area contributed by atoms with E-state index in [4.69, 9.17) is 0 Å². The predicted molar refractivity (Wildman–Crippen MR) is 96.0 cm³/mol. The molecule has 0 fully saturated rings. The highest BCUT2D eigenvalue weighted by molar-refractivity contribution is 5.91. The van der Waals surface area contributed by atoms with E-state index in [1.54, 1.807) is 0 Å². The highest BCUT2D eigenvalue weighted by atomic mass is 14.8. The summed E-state index contributed by atoms with van der Waals surface area (Å²) in [7, 11) is 0. The van der Waals surface area contributed by atoms with Gasteiger partial charge in [0.1, 0.15) is 0 Å². The Hall–Kier alpha value is -2.15. The Labute approximate surface area is 133 Å². The lowest BCUT2D eigenvalue weighted by Gasteiger charge is -2.05. The number of para-hydroxylation sites is 1. The molecule has 0 radical (unpaired) electrons. The molecule has 2 aromatic carbocycles. The largest absolute Gasteiger partial charge is 0.257 e. The van der Waals surface area contributed by atoms with E-state index >= 15 is 0 Å². The molecule has 2 aromatic rings. The number of allylic oxidation sites excluding steroid dienone is 2. The highest BCUT2D eigenvalue weighted by Crippen LogP contribution is 2.40. The molecule has 0 amide bonds. The van der Waals surface area contributed by atoms with E-state index in [2.05, 4.69) is 75.2 Å². The van der Waals surface area contributed by atoms with E-state index in [0.29, 0.717) is 5.92 Å². The zero-order valence-corrected chi connectivity index (χ0v) is 13.9. The van der Waals surface area contributed by atoms with Crippen molar-refractivity contribution < 1.29 is 0 Å². The second-order valence-electron chi connectivity index (χ2n) is 6.27. The Balaban J connectivity index is 0.000000133. The number of fused-ring (bicyclic) bond motifs is 2. The summed E-state index contributed by atoms with van der Waals surface area (Å²) in [6.45, 7) is 8.81. The van der Waals surface area contributed by atoms with Crippen molar-refractivity contribution in [2.45, 2.75) is 40.0 Å². The van der Waals surface area contributed by atoms with Crippen LogP contribution >= 0.6 is 0 Å². The summed E-state index contributed by atoms with van der Waals surface area (Å²) in [5.74, 6) is 0.626. The predicted octanol–water partition coefficient (Wildman–Crippen LogP) is 5.93. The van der Waals surface area contributed by atoms with Gasteiger partial charge in [0.2, 0.25) is 0 Å². The van der Waals surface area contributed by atoms with Crippen molar-refractivity contribution in [3.05, 3.63) is 70.8 Å². The van der Waals surface area contributed by atoms with E-state index in [1.807, 2.05) is 6.07 Å². The molecular formula is C21H23N. The van der Waals surface area contributed by atoms with Crippen molar-refractivity contribution in [3.8, 4) is 0 Å². The van der Waals surface area contributed by atoms with Crippen LogP contribution in [0.15, 0.2) is 59.1 Å². The lowest BCUT2D eigenvalue weighted by Crippen LogP contribution is -1.88. The van der Waals surface area contributed by atoms with Crippen molar-refractivity contribution in [2.24, 2.45) is 4.99 Å². The van der Waals surface area contributed by atoms with Gasteiger partial charge in [-0.2, -0.15) is 0 Å². The molecule has 1 aliphatic carbocycles. The third kappa shape index (κ3) is 2.64. The molecule has 22 heavy (non-hydrogen) atoms. The van der Waals surface area contributed by atoms with Gasteiger partial charge >= 0.3 is 0 Å². The maximum absolute atomic E-state index is 4.37. The molecule has 1 nitrogen and oxygen atoms in total. The molecule has 0 N–H and O–H groups in total. The average molecular weight is 289 g/mol. The fourth-order valence-electron chi connectivity index (χ4n) is 3.28. The first kappa shape index (κ1) is 14.8. The van der Waals surface area contributed by atoms with Gasteiger partial charge in [0.25, 0.3) is 0 Å². The Kier molecular flexibility index (Phi) is 3.98. The molecule has 0 aromatic heterocycles. The van der Waals surface area contributed by atoms with E-state index in [0.717, 1.165) is 12.1 Å². The maximum atomic E-state index is 4.37. The molecule has 1 unspecified atom stereocenters. The molecule has 1 heterocycles. The van der Waals surface area contributed by atoms with Crippen molar-refractivity contribution in [1.82, 2.24) is 0 Å². The minimum atomic E-state index is 0.626. The van der Waals surface area contributed by atoms with Crippen LogP contribution in [-0.2, 0) is 6.42 Å². The SMILES string of the molecule is CC1=C(C)C(C)c2ccccc21.CC1=Nc2ccccc2C1. The van der Waals surface area contributed by atoms with Crippen LogP contribution in [0, 0.1) is 0 Å². The molecule has 0 saturated carbocycles. The lowest BCUT2D eigenvalue weighted by molar-refractivity contribution is 0.920. The van der Waals surface area contributed by atoms with E-state index < -0.39 is 0 Å². The van der Waals surface area contributed by atoms with E-state index in [9.17, 15) is 0 Å². The summed E-state index contributed by atoms with van der Waals surface area (Å²) in [5.41, 5.74) is 9.67. The third-order valence-electron chi connectivity index (χ3n) is 4.82. The van der Waals surface area contributed by atoms with Crippen LogP contribution in [0.1, 0.15) is 50.3 Å². The van der Waals surface area contributed by atoms with Gasteiger partial charge in [0.15, 0.2) is 0 Å². The van der Waals surface area contributed by atoms with Crippen LogP contribution in [0.3, 0.4) is 0 Å². The van der Waals surface area contributed by atoms with E-state index in [1.165, 1.54) is 33.5 Å². The minimum absolute atomic E-state index is 0.626. The fourth-order valence-corrected chi connectivity index (χ4v) is 3.28. The smallest absolute Gasteiger partial charge is 0.0664 e. The average Bonchev–Trinajstić information content (AvgIpc) is 3.02. The van der Waals surface area contributed by atoms with Crippen LogP contribution in [0.2, 0.25) is 0 Å².